The van der Waals surface area contributed by atoms with Crippen LogP contribution in [0.1, 0.15) is 97.3 Å². The minimum absolute atomic E-state index is 0.604. The Kier molecular flexibility index (Phi) is 14.9. The van der Waals surface area contributed by atoms with E-state index in [2.05, 4.69) is 13.8 Å². The van der Waals surface area contributed by atoms with E-state index >= 15 is 0 Å². The second-order valence-corrected chi connectivity index (χ2v) is 9.24. The summed E-state index contributed by atoms with van der Waals surface area (Å²) in [5.74, 6) is 0. The van der Waals surface area contributed by atoms with Crippen LogP contribution in [0.3, 0.4) is 0 Å². The highest BCUT2D eigenvalue weighted by Crippen LogP contribution is 2.21. The lowest BCUT2D eigenvalue weighted by Gasteiger charge is -2.41. The maximum absolute atomic E-state index is 9.08. The Balaban J connectivity index is 0.00000101. The summed E-state index contributed by atoms with van der Waals surface area (Å²) in [6.45, 7) is 10.5. The highest BCUT2D eigenvalue weighted by Gasteiger charge is 2.27. The summed E-state index contributed by atoms with van der Waals surface area (Å²) < 4.78 is 28.7. The second-order valence-electron chi connectivity index (χ2n) is 7.83. The summed E-state index contributed by atoms with van der Waals surface area (Å²) in [4.78, 5) is 0. The average molecular weight is 378 g/mol. The minimum Gasteiger partial charge on any atom is -0.748 e. The van der Waals surface area contributed by atoms with Gasteiger partial charge in [-0.15, -0.1) is 0 Å². The molecule has 0 aromatic heterocycles. The standard InChI is InChI=1S/C19H40N.CH4O3S/c1-3-5-6-7-8-9-10-11-13-17-20(16-4-2)18-14-12-15-19-20;1-5(2,3)4/h3-19H2,1-2H3;1H3,(H,2,3,4)/q+1;/p-1. The summed E-state index contributed by atoms with van der Waals surface area (Å²) in [5, 5.41) is 0. The number of piperidine rings is 1. The fourth-order valence-corrected chi connectivity index (χ4v) is 3.97. The first-order valence-corrected chi connectivity index (χ1v) is 12.4. The first-order chi connectivity index (χ1) is 11.8. The summed E-state index contributed by atoms with van der Waals surface area (Å²) >= 11 is 0. The summed E-state index contributed by atoms with van der Waals surface area (Å²) in [6.07, 6.45) is 19.6. The Bertz CT molecular complexity index is 376. The van der Waals surface area contributed by atoms with Gasteiger partial charge in [0.1, 0.15) is 0 Å². The molecule has 0 radical (unpaired) electrons. The van der Waals surface area contributed by atoms with E-state index in [0.717, 1.165) is 0 Å². The van der Waals surface area contributed by atoms with E-state index in [1.807, 2.05) is 0 Å². The molecule has 0 spiro atoms. The van der Waals surface area contributed by atoms with Gasteiger partial charge in [0, 0.05) is 6.26 Å². The predicted octanol–water partition coefficient (Wildman–Crippen LogP) is 5.09. The van der Waals surface area contributed by atoms with E-state index in [4.69, 9.17) is 13.0 Å². The lowest BCUT2D eigenvalue weighted by atomic mass is 10.0. The molecule has 1 saturated heterocycles. The molecular formula is C20H43NO3S. The highest BCUT2D eigenvalue weighted by molar-refractivity contribution is 7.84. The van der Waals surface area contributed by atoms with Crippen LogP contribution in [0.4, 0.5) is 0 Å². The van der Waals surface area contributed by atoms with E-state index in [1.165, 1.54) is 114 Å². The topological polar surface area (TPSA) is 57.2 Å². The van der Waals surface area contributed by atoms with E-state index in [-0.39, 0.29) is 0 Å². The van der Waals surface area contributed by atoms with Gasteiger partial charge in [-0.2, -0.15) is 0 Å². The second kappa shape index (κ2) is 15.0. The first-order valence-electron chi connectivity index (χ1n) is 10.6. The van der Waals surface area contributed by atoms with Crippen LogP contribution in [-0.2, 0) is 10.1 Å². The lowest BCUT2D eigenvalue weighted by Crippen LogP contribution is -2.52. The molecule has 0 aromatic rings. The van der Waals surface area contributed by atoms with Crippen molar-refractivity contribution >= 4 is 10.1 Å². The van der Waals surface area contributed by atoms with Gasteiger partial charge in [-0.05, 0) is 38.5 Å². The smallest absolute Gasteiger partial charge is 0.0916 e. The number of hydrogen-bond donors (Lipinski definition) is 0. The highest BCUT2D eigenvalue weighted by atomic mass is 32.2. The maximum Gasteiger partial charge on any atom is 0.0916 e. The van der Waals surface area contributed by atoms with Gasteiger partial charge in [-0.25, -0.2) is 8.42 Å². The SMILES string of the molecule is CCCCCCCCCCC[N+]1(CCC)CCCCC1.CS(=O)(=O)[O-]. The van der Waals surface area contributed by atoms with Gasteiger partial charge in [0.2, 0.25) is 0 Å². The van der Waals surface area contributed by atoms with Crippen LogP contribution < -0.4 is 0 Å². The third-order valence-electron chi connectivity index (χ3n) is 5.20. The number of rotatable bonds is 12. The third kappa shape index (κ3) is 17.1. The van der Waals surface area contributed by atoms with Crippen LogP contribution in [0, 0.1) is 0 Å². The fourth-order valence-electron chi connectivity index (χ4n) is 3.97. The molecule has 1 rings (SSSR count). The summed E-state index contributed by atoms with van der Waals surface area (Å²) in [7, 11) is -3.92. The van der Waals surface area contributed by atoms with E-state index < -0.39 is 10.1 Å². The van der Waals surface area contributed by atoms with Crippen molar-refractivity contribution in [2.75, 3.05) is 32.4 Å². The van der Waals surface area contributed by atoms with E-state index in [9.17, 15) is 0 Å². The van der Waals surface area contributed by atoms with E-state index in [0.29, 0.717) is 6.26 Å². The fraction of sp³-hybridized carbons (Fsp3) is 1.00. The van der Waals surface area contributed by atoms with Crippen molar-refractivity contribution in [3.63, 3.8) is 0 Å². The minimum atomic E-state index is -3.92. The molecule has 0 saturated carbocycles. The third-order valence-corrected chi connectivity index (χ3v) is 5.20. The largest absolute Gasteiger partial charge is 0.748 e. The quantitative estimate of drug-likeness (QED) is 0.270. The van der Waals surface area contributed by atoms with Gasteiger partial charge in [0.05, 0.1) is 36.3 Å². The van der Waals surface area contributed by atoms with Crippen molar-refractivity contribution in [1.29, 1.82) is 0 Å². The molecule has 4 nitrogen and oxygen atoms in total. The van der Waals surface area contributed by atoms with Crippen LogP contribution in [0.5, 0.6) is 0 Å². The van der Waals surface area contributed by atoms with Crippen molar-refractivity contribution in [3.05, 3.63) is 0 Å². The number of nitrogens with zero attached hydrogens (tertiary/aromatic N) is 1. The Morgan fingerprint density at radius 3 is 1.60 bits per heavy atom. The maximum atomic E-state index is 9.08. The Morgan fingerprint density at radius 1 is 0.720 bits per heavy atom. The summed E-state index contributed by atoms with van der Waals surface area (Å²) in [6, 6.07) is 0. The van der Waals surface area contributed by atoms with Gasteiger partial charge in [-0.3, -0.25) is 0 Å². The Labute approximate surface area is 157 Å². The number of hydrogen-bond acceptors (Lipinski definition) is 3. The van der Waals surface area contributed by atoms with Gasteiger partial charge in [-0.1, -0.05) is 58.8 Å². The molecule has 5 heteroatoms. The lowest BCUT2D eigenvalue weighted by molar-refractivity contribution is -0.932. The molecule has 0 aliphatic carbocycles. The van der Waals surface area contributed by atoms with Crippen molar-refractivity contribution in [1.82, 2.24) is 0 Å². The molecule has 1 fully saturated rings. The van der Waals surface area contributed by atoms with Crippen molar-refractivity contribution < 1.29 is 17.5 Å². The zero-order valence-electron chi connectivity index (χ0n) is 17.1. The molecule has 152 valence electrons. The molecule has 0 N–H and O–H groups in total. The van der Waals surface area contributed by atoms with Crippen LogP contribution in [0.15, 0.2) is 0 Å². The van der Waals surface area contributed by atoms with Crippen molar-refractivity contribution in [3.8, 4) is 0 Å². The van der Waals surface area contributed by atoms with Crippen LogP contribution in [0.25, 0.3) is 0 Å². The molecule has 0 bridgehead atoms. The van der Waals surface area contributed by atoms with Gasteiger partial charge in [0.15, 0.2) is 0 Å². The molecule has 0 amide bonds. The molecule has 1 aliphatic rings. The molecule has 0 aromatic carbocycles. The molecule has 1 aliphatic heterocycles. The number of likely N-dealkylation sites (tertiary alicyclic amines) is 1. The molecule has 0 atom stereocenters. The normalized spacial score (nSPS) is 17.0. The molecule has 25 heavy (non-hydrogen) atoms. The van der Waals surface area contributed by atoms with Crippen LogP contribution in [0.2, 0.25) is 0 Å². The van der Waals surface area contributed by atoms with Crippen molar-refractivity contribution in [2.24, 2.45) is 0 Å². The van der Waals surface area contributed by atoms with Gasteiger partial charge >= 0.3 is 0 Å². The van der Waals surface area contributed by atoms with Gasteiger partial charge < -0.3 is 9.04 Å². The van der Waals surface area contributed by atoms with Crippen LogP contribution >= 0.6 is 0 Å². The Morgan fingerprint density at radius 2 is 1.16 bits per heavy atom. The molecular weight excluding hydrogens is 334 g/mol. The molecule has 1 heterocycles. The number of quaternary nitrogens is 1. The van der Waals surface area contributed by atoms with Crippen molar-refractivity contribution in [2.45, 2.75) is 97.3 Å². The van der Waals surface area contributed by atoms with Gasteiger partial charge in [0.25, 0.3) is 0 Å². The first kappa shape index (κ1) is 24.9. The monoisotopic (exact) mass is 377 g/mol. The van der Waals surface area contributed by atoms with Crippen LogP contribution in [-0.4, -0.2) is 49.9 Å². The zero-order valence-corrected chi connectivity index (χ0v) is 17.9. The number of unbranched alkanes of at least 4 members (excludes halogenated alkanes) is 8. The predicted molar refractivity (Wildman–Crippen MR) is 107 cm³/mol. The molecule has 0 unspecified atom stereocenters. The van der Waals surface area contributed by atoms with E-state index in [1.54, 1.807) is 0 Å². The summed E-state index contributed by atoms with van der Waals surface area (Å²) in [5.41, 5.74) is 0. The zero-order chi connectivity index (χ0) is 19.0. The Hall–Kier alpha value is -0.130. The average Bonchev–Trinajstić information content (AvgIpc) is 2.53.